The van der Waals surface area contributed by atoms with Gasteiger partial charge in [0.25, 0.3) is 3.92 Å². The number of rotatable bonds is 1. The number of alkyl halides is 3. The maximum Gasteiger partial charge on any atom is 0.271 e. The minimum Gasteiger partial charge on any atom is -0.390 e. The molecule has 1 N–H and O–H groups in total. The number of aliphatic hydroxyl groups is 1. The summed E-state index contributed by atoms with van der Waals surface area (Å²) in [5.41, 5.74) is 0.574. The molecular weight excluding hydrogens is 208 g/mol. The van der Waals surface area contributed by atoms with Crippen LogP contribution in [0.1, 0.15) is 5.69 Å². The van der Waals surface area contributed by atoms with E-state index in [9.17, 15) is 0 Å². The molecule has 0 saturated carbocycles. The maximum absolute atomic E-state index is 8.77. The highest BCUT2D eigenvalue weighted by Crippen LogP contribution is 2.33. The van der Waals surface area contributed by atoms with Crippen molar-refractivity contribution in [2.45, 2.75) is 10.5 Å². The van der Waals surface area contributed by atoms with Crippen LogP contribution in [-0.2, 0) is 10.5 Å². The van der Waals surface area contributed by atoms with Crippen LogP contribution in [0.3, 0.4) is 0 Å². The first-order valence-electron chi connectivity index (χ1n) is 2.90. The molecule has 0 fully saturated rings. The van der Waals surface area contributed by atoms with E-state index in [4.69, 9.17) is 39.9 Å². The van der Waals surface area contributed by atoms with Crippen molar-refractivity contribution >= 4 is 34.8 Å². The van der Waals surface area contributed by atoms with Crippen molar-refractivity contribution in [2.24, 2.45) is 0 Å². The van der Waals surface area contributed by atoms with Crippen LogP contribution in [0.5, 0.6) is 0 Å². The summed E-state index contributed by atoms with van der Waals surface area (Å²) in [5.74, 6) is 0. The predicted molar refractivity (Wildman–Crippen MR) is 45.9 cm³/mol. The molecule has 0 spiro atoms. The molecule has 2 nitrogen and oxygen atoms in total. The largest absolute Gasteiger partial charge is 0.390 e. The standard InChI is InChI=1S/C6H6Cl3NO/c7-6(8,9)10-3-1-2-5(10)4-11/h1-3,11H,4H2. The second kappa shape index (κ2) is 3.23. The molecule has 0 atom stereocenters. The molecule has 0 amide bonds. The number of aliphatic hydroxyl groups excluding tert-OH is 1. The Balaban J connectivity index is 3.02. The van der Waals surface area contributed by atoms with Gasteiger partial charge in [0.1, 0.15) is 0 Å². The molecule has 1 heterocycles. The Bertz CT molecular complexity index is 240. The van der Waals surface area contributed by atoms with E-state index >= 15 is 0 Å². The van der Waals surface area contributed by atoms with Gasteiger partial charge in [-0.2, -0.15) is 0 Å². The molecule has 0 saturated heterocycles. The minimum atomic E-state index is -1.51. The zero-order valence-electron chi connectivity index (χ0n) is 5.47. The van der Waals surface area contributed by atoms with Crippen LogP contribution in [0.15, 0.2) is 18.3 Å². The van der Waals surface area contributed by atoms with Gasteiger partial charge in [-0.05, 0) is 12.1 Å². The average molecular weight is 214 g/mol. The van der Waals surface area contributed by atoms with Crippen molar-refractivity contribution in [3.05, 3.63) is 24.0 Å². The third kappa shape index (κ3) is 2.03. The van der Waals surface area contributed by atoms with Crippen LogP contribution >= 0.6 is 34.8 Å². The van der Waals surface area contributed by atoms with Crippen molar-refractivity contribution < 1.29 is 5.11 Å². The fourth-order valence-electron chi connectivity index (χ4n) is 0.792. The lowest BCUT2D eigenvalue weighted by molar-refractivity contribution is 0.271. The molecule has 11 heavy (non-hydrogen) atoms. The molecule has 0 aliphatic rings. The van der Waals surface area contributed by atoms with Gasteiger partial charge in [0.05, 0.1) is 6.61 Å². The van der Waals surface area contributed by atoms with E-state index in [0.717, 1.165) is 0 Å². The lowest BCUT2D eigenvalue weighted by atomic mass is 10.5. The molecule has 1 rings (SSSR count). The summed E-state index contributed by atoms with van der Waals surface area (Å²) in [5, 5.41) is 8.77. The van der Waals surface area contributed by atoms with E-state index in [2.05, 4.69) is 0 Å². The van der Waals surface area contributed by atoms with Gasteiger partial charge in [0.15, 0.2) is 0 Å². The number of nitrogens with zero attached hydrogens (tertiary/aromatic N) is 1. The maximum atomic E-state index is 8.77. The molecule has 62 valence electrons. The SMILES string of the molecule is OCc1cccn1C(Cl)(Cl)Cl. The molecule has 1 aromatic heterocycles. The Morgan fingerprint density at radius 2 is 2.09 bits per heavy atom. The van der Waals surface area contributed by atoms with E-state index in [1.807, 2.05) is 0 Å². The van der Waals surface area contributed by atoms with Crippen LogP contribution in [0.25, 0.3) is 0 Å². The summed E-state index contributed by atoms with van der Waals surface area (Å²) >= 11 is 16.7. The Morgan fingerprint density at radius 3 is 2.45 bits per heavy atom. The summed E-state index contributed by atoms with van der Waals surface area (Å²) in [6.07, 6.45) is 1.60. The number of aromatic nitrogens is 1. The quantitative estimate of drug-likeness (QED) is 0.713. The second-order valence-electron chi connectivity index (χ2n) is 2.00. The highest BCUT2D eigenvalue weighted by Gasteiger charge is 2.23. The first-order chi connectivity index (χ1) is 5.05. The summed E-state index contributed by atoms with van der Waals surface area (Å²) in [4.78, 5) is 0. The van der Waals surface area contributed by atoms with Crippen molar-refractivity contribution in [1.29, 1.82) is 0 Å². The van der Waals surface area contributed by atoms with Crippen LogP contribution < -0.4 is 0 Å². The lowest BCUT2D eigenvalue weighted by Gasteiger charge is -2.15. The van der Waals surface area contributed by atoms with Crippen molar-refractivity contribution in [2.75, 3.05) is 0 Å². The van der Waals surface area contributed by atoms with Gasteiger partial charge in [-0.25, -0.2) is 0 Å². The molecule has 0 bridgehead atoms. The van der Waals surface area contributed by atoms with E-state index in [1.54, 1.807) is 18.3 Å². The third-order valence-corrected chi connectivity index (χ3v) is 1.81. The highest BCUT2D eigenvalue weighted by atomic mass is 35.6. The molecule has 0 unspecified atom stereocenters. The number of hydrogen-bond acceptors (Lipinski definition) is 1. The Hall–Kier alpha value is 0.110. The first-order valence-corrected chi connectivity index (χ1v) is 4.03. The molecule has 0 aliphatic heterocycles. The van der Waals surface area contributed by atoms with Crippen molar-refractivity contribution in [3.63, 3.8) is 0 Å². The molecule has 5 heteroatoms. The highest BCUT2D eigenvalue weighted by molar-refractivity contribution is 6.64. The molecular formula is C6H6Cl3NO. The van der Waals surface area contributed by atoms with Crippen LogP contribution in [-0.4, -0.2) is 9.67 Å². The lowest BCUT2D eigenvalue weighted by Crippen LogP contribution is -2.14. The van der Waals surface area contributed by atoms with Gasteiger partial charge >= 0.3 is 0 Å². The zero-order valence-corrected chi connectivity index (χ0v) is 7.74. The van der Waals surface area contributed by atoms with Gasteiger partial charge in [0.2, 0.25) is 0 Å². The predicted octanol–water partition coefficient (Wildman–Crippen LogP) is 2.26. The topological polar surface area (TPSA) is 25.2 Å². The van der Waals surface area contributed by atoms with Gasteiger partial charge in [0, 0.05) is 11.9 Å². The smallest absolute Gasteiger partial charge is 0.271 e. The summed E-state index contributed by atoms with van der Waals surface area (Å²) in [7, 11) is 0. The zero-order chi connectivity index (χ0) is 8.48. The van der Waals surface area contributed by atoms with Gasteiger partial charge in [-0.3, -0.25) is 0 Å². The first kappa shape index (κ1) is 9.20. The fraction of sp³-hybridized carbons (Fsp3) is 0.333. The van der Waals surface area contributed by atoms with E-state index in [-0.39, 0.29) is 6.61 Å². The molecule has 0 aliphatic carbocycles. The van der Waals surface area contributed by atoms with Crippen molar-refractivity contribution in [3.8, 4) is 0 Å². The van der Waals surface area contributed by atoms with Gasteiger partial charge < -0.3 is 9.67 Å². The summed E-state index contributed by atoms with van der Waals surface area (Å²) in [6.45, 7) is -0.138. The second-order valence-corrected chi connectivity index (χ2v) is 4.22. The Kier molecular flexibility index (Phi) is 2.70. The van der Waals surface area contributed by atoms with E-state index < -0.39 is 3.92 Å². The number of halogens is 3. The average Bonchev–Trinajstić information content (AvgIpc) is 2.31. The summed E-state index contributed by atoms with van der Waals surface area (Å²) in [6, 6.07) is 3.38. The van der Waals surface area contributed by atoms with Crippen molar-refractivity contribution in [1.82, 2.24) is 4.57 Å². The third-order valence-electron chi connectivity index (χ3n) is 1.27. The van der Waals surface area contributed by atoms with Gasteiger partial charge in [-0.15, -0.1) is 0 Å². The van der Waals surface area contributed by atoms with Crippen LogP contribution in [0.2, 0.25) is 0 Å². The van der Waals surface area contributed by atoms with E-state index in [1.165, 1.54) is 4.57 Å². The van der Waals surface area contributed by atoms with Gasteiger partial charge in [-0.1, -0.05) is 34.8 Å². The normalized spacial score (nSPS) is 12.0. The van der Waals surface area contributed by atoms with E-state index in [0.29, 0.717) is 5.69 Å². The van der Waals surface area contributed by atoms with Crippen LogP contribution in [0.4, 0.5) is 0 Å². The molecule has 0 radical (unpaired) electrons. The fourth-order valence-corrected chi connectivity index (χ4v) is 1.29. The minimum absolute atomic E-state index is 0.138. The molecule has 1 aromatic rings. The number of hydrogen-bond donors (Lipinski definition) is 1. The monoisotopic (exact) mass is 213 g/mol. The Morgan fingerprint density at radius 1 is 1.45 bits per heavy atom. The summed E-state index contributed by atoms with van der Waals surface area (Å²) < 4.78 is -0.140. The van der Waals surface area contributed by atoms with Crippen LogP contribution in [0, 0.1) is 0 Å². The Labute approximate surface area is 79.3 Å². The molecule has 0 aromatic carbocycles.